The van der Waals surface area contributed by atoms with E-state index in [0.29, 0.717) is 17.3 Å². The lowest BCUT2D eigenvalue weighted by molar-refractivity contribution is 0.101. The Morgan fingerprint density at radius 1 is 1.29 bits per heavy atom. The third kappa shape index (κ3) is 4.35. The Bertz CT molecular complexity index is 484. The number of carbonyl (C=O) groups excluding carboxylic acids is 1. The van der Waals surface area contributed by atoms with E-state index in [-0.39, 0.29) is 11.6 Å². The van der Waals surface area contributed by atoms with Gasteiger partial charge in [-0.15, -0.1) is 0 Å². The molecule has 0 unspecified atom stereocenters. The average molecular weight is 310 g/mol. The van der Waals surface area contributed by atoms with Crippen molar-refractivity contribution < 1.29 is 4.79 Å². The second-order valence-electron chi connectivity index (χ2n) is 6.00. The quantitative estimate of drug-likeness (QED) is 0.890. The summed E-state index contributed by atoms with van der Waals surface area (Å²) in [5.41, 5.74) is 0.798. The molecule has 0 saturated heterocycles. The minimum atomic E-state index is -0.177. The SMILES string of the molecule is CN(C)C1(CNC(=O)Nc2cccc(Cl)c2)CCCCC1. The van der Waals surface area contributed by atoms with E-state index < -0.39 is 0 Å². The number of carbonyl (C=O) groups is 1. The van der Waals surface area contributed by atoms with Crippen LogP contribution in [0.5, 0.6) is 0 Å². The topological polar surface area (TPSA) is 44.4 Å². The Morgan fingerprint density at radius 3 is 2.62 bits per heavy atom. The van der Waals surface area contributed by atoms with Crippen molar-refractivity contribution in [1.29, 1.82) is 0 Å². The molecule has 1 aromatic rings. The van der Waals surface area contributed by atoms with Crippen LogP contribution in [0.25, 0.3) is 0 Å². The van der Waals surface area contributed by atoms with E-state index in [1.54, 1.807) is 12.1 Å². The number of nitrogens with one attached hydrogen (secondary N) is 2. The second kappa shape index (κ2) is 7.14. The predicted molar refractivity (Wildman–Crippen MR) is 88.0 cm³/mol. The molecule has 0 heterocycles. The fourth-order valence-electron chi connectivity index (χ4n) is 2.98. The van der Waals surface area contributed by atoms with Crippen molar-refractivity contribution in [2.45, 2.75) is 37.6 Å². The minimum Gasteiger partial charge on any atom is -0.336 e. The van der Waals surface area contributed by atoms with Crippen LogP contribution in [-0.2, 0) is 0 Å². The minimum absolute atomic E-state index is 0.0872. The van der Waals surface area contributed by atoms with Crippen LogP contribution in [0.4, 0.5) is 10.5 Å². The molecular formula is C16H24ClN3O. The molecule has 5 heteroatoms. The first kappa shape index (κ1) is 16.1. The number of hydrogen-bond acceptors (Lipinski definition) is 2. The highest BCUT2D eigenvalue weighted by atomic mass is 35.5. The molecule has 0 aliphatic heterocycles. The molecule has 1 fully saturated rings. The first-order valence-electron chi connectivity index (χ1n) is 7.50. The lowest BCUT2D eigenvalue weighted by Crippen LogP contribution is -2.54. The summed E-state index contributed by atoms with van der Waals surface area (Å²) in [6.45, 7) is 0.673. The van der Waals surface area contributed by atoms with Gasteiger partial charge in [0.2, 0.25) is 0 Å². The molecule has 0 bridgehead atoms. The molecule has 1 aliphatic carbocycles. The van der Waals surface area contributed by atoms with Gasteiger partial charge < -0.3 is 15.5 Å². The zero-order chi connectivity index (χ0) is 15.3. The smallest absolute Gasteiger partial charge is 0.319 e. The van der Waals surface area contributed by atoms with E-state index in [1.807, 2.05) is 12.1 Å². The third-order valence-electron chi connectivity index (χ3n) is 4.39. The molecule has 2 amide bonds. The largest absolute Gasteiger partial charge is 0.336 e. The van der Waals surface area contributed by atoms with Crippen LogP contribution in [0.2, 0.25) is 5.02 Å². The molecule has 21 heavy (non-hydrogen) atoms. The first-order chi connectivity index (χ1) is 10.0. The van der Waals surface area contributed by atoms with Gasteiger partial charge in [-0.25, -0.2) is 4.79 Å². The summed E-state index contributed by atoms with van der Waals surface area (Å²) >= 11 is 5.91. The lowest BCUT2D eigenvalue weighted by atomic mass is 9.80. The zero-order valence-corrected chi connectivity index (χ0v) is 13.5. The first-order valence-corrected chi connectivity index (χ1v) is 7.87. The van der Waals surface area contributed by atoms with E-state index >= 15 is 0 Å². The van der Waals surface area contributed by atoms with Crippen LogP contribution < -0.4 is 10.6 Å². The van der Waals surface area contributed by atoms with Crippen molar-refractivity contribution >= 4 is 23.3 Å². The monoisotopic (exact) mass is 309 g/mol. The van der Waals surface area contributed by atoms with Crippen LogP contribution in [0.15, 0.2) is 24.3 Å². The van der Waals surface area contributed by atoms with Crippen LogP contribution in [-0.4, -0.2) is 37.1 Å². The highest BCUT2D eigenvalue weighted by Crippen LogP contribution is 2.31. The van der Waals surface area contributed by atoms with Crippen LogP contribution >= 0.6 is 11.6 Å². The van der Waals surface area contributed by atoms with Gasteiger partial charge in [-0.3, -0.25) is 0 Å². The number of amides is 2. The standard InChI is InChI=1S/C16H24ClN3O/c1-20(2)16(9-4-3-5-10-16)12-18-15(21)19-14-8-6-7-13(17)11-14/h6-8,11H,3-5,9-10,12H2,1-2H3,(H2,18,19,21). The number of urea groups is 1. The fourth-order valence-corrected chi connectivity index (χ4v) is 3.17. The molecule has 116 valence electrons. The van der Waals surface area contributed by atoms with Gasteiger partial charge in [0.25, 0.3) is 0 Å². The molecule has 2 rings (SSSR count). The summed E-state index contributed by atoms with van der Waals surface area (Å²) in [5, 5.41) is 6.45. The number of anilines is 1. The van der Waals surface area contributed by atoms with Crippen molar-refractivity contribution in [2.24, 2.45) is 0 Å². The van der Waals surface area contributed by atoms with Crippen LogP contribution in [0, 0.1) is 0 Å². The maximum absolute atomic E-state index is 12.0. The van der Waals surface area contributed by atoms with Gasteiger partial charge in [0, 0.05) is 22.8 Å². The van der Waals surface area contributed by atoms with E-state index in [0.717, 1.165) is 12.8 Å². The van der Waals surface area contributed by atoms with Crippen molar-refractivity contribution in [3.05, 3.63) is 29.3 Å². The number of halogens is 1. The Balaban J connectivity index is 1.90. The van der Waals surface area contributed by atoms with Gasteiger partial charge in [-0.05, 0) is 45.1 Å². The maximum atomic E-state index is 12.0. The lowest BCUT2D eigenvalue weighted by Gasteiger charge is -2.43. The molecule has 4 nitrogen and oxygen atoms in total. The fraction of sp³-hybridized carbons (Fsp3) is 0.562. The van der Waals surface area contributed by atoms with Gasteiger partial charge >= 0.3 is 6.03 Å². The van der Waals surface area contributed by atoms with Gasteiger partial charge in [-0.1, -0.05) is 36.9 Å². The predicted octanol–water partition coefficient (Wildman–Crippen LogP) is 3.73. The molecule has 1 aromatic carbocycles. The molecular weight excluding hydrogens is 286 g/mol. The highest BCUT2D eigenvalue weighted by Gasteiger charge is 2.34. The van der Waals surface area contributed by atoms with Crippen LogP contribution in [0.1, 0.15) is 32.1 Å². The summed E-state index contributed by atoms with van der Waals surface area (Å²) in [4.78, 5) is 14.3. The van der Waals surface area contributed by atoms with Gasteiger partial charge in [0.15, 0.2) is 0 Å². The van der Waals surface area contributed by atoms with Gasteiger partial charge in [0.1, 0.15) is 0 Å². The molecule has 2 N–H and O–H groups in total. The average Bonchev–Trinajstić information content (AvgIpc) is 2.46. The van der Waals surface area contributed by atoms with Crippen LogP contribution in [0.3, 0.4) is 0 Å². The number of nitrogens with zero attached hydrogens (tertiary/aromatic N) is 1. The number of hydrogen-bond donors (Lipinski definition) is 2. The van der Waals surface area contributed by atoms with Crippen molar-refractivity contribution in [3.63, 3.8) is 0 Å². The maximum Gasteiger partial charge on any atom is 0.319 e. The third-order valence-corrected chi connectivity index (χ3v) is 4.63. The van der Waals surface area contributed by atoms with Gasteiger partial charge in [-0.2, -0.15) is 0 Å². The molecule has 1 aliphatic rings. The van der Waals surface area contributed by atoms with E-state index in [1.165, 1.54) is 19.3 Å². The zero-order valence-electron chi connectivity index (χ0n) is 12.8. The van der Waals surface area contributed by atoms with Crippen molar-refractivity contribution in [3.8, 4) is 0 Å². The molecule has 0 atom stereocenters. The van der Waals surface area contributed by atoms with E-state index in [2.05, 4.69) is 29.6 Å². The van der Waals surface area contributed by atoms with Crippen molar-refractivity contribution in [2.75, 3.05) is 26.0 Å². The Morgan fingerprint density at radius 2 is 2.00 bits per heavy atom. The Kier molecular flexibility index (Phi) is 5.48. The normalized spacial score (nSPS) is 17.5. The summed E-state index contributed by atoms with van der Waals surface area (Å²) in [7, 11) is 4.20. The summed E-state index contributed by atoms with van der Waals surface area (Å²) in [6.07, 6.45) is 6.03. The Hall–Kier alpha value is -1.26. The molecule has 0 aromatic heterocycles. The van der Waals surface area contributed by atoms with E-state index in [4.69, 9.17) is 11.6 Å². The van der Waals surface area contributed by atoms with Crippen molar-refractivity contribution in [1.82, 2.24) is 10.2 Å². The molecule has 0 radical (unpaired) electrons. The van der Waals surface area contributed by atoms with E-state index in [9.17, 15) is 4.79 Å². The van der Waals surface area contributed by atoms with Gasteiger partial charge in [0.05, 0.1) is 0 Å². The highest BCUT2D eigenvalue weighted by molar-refractivity contribution is 6.30. The Labute approximate surface area is 131 Å². The summed E-state index contributed by atoms with van der Waals surface area (Å²) in [5.74, 6) is 0. The second-order valence-corrected chi connectivity index (χ2v) is 6.43. The number of benzene rings is 1. The molecule has 1 saturated carbocycles. The summed E-state index contributed by atoms with van der Waals surface area (Å²) < 4.78 is 0. The number of likely N-dealkylation sites (N-methyl/N-ethyl adjacent to an activating group) is 1. The molecule has 0 spiro atoms. The summed E-state index contributed by atoms with van der Waals surface area (Å²) in [6, 6.07) is 7.00. The number of rotatable bonds is 4.